The molecule has 3 rings (SSSR count). The highest BCUT2D eigenvalue weighted by atomic mass is 32.2. The minimum Gasteiger partial charge on any atom is -0.508 e. The lowest BCUT2D eigenvalue weighted by atomic mass is 10.1. The monoisotopic (exact) mass is 302 g/mol. The third kappa shape index (κ3) is 2.62. The molecule has 2 aromatic carbocycles. The van der Waals surface area contributed by atoms with Gasteiger partial charge in [0.2, 0.25) is 0 Å². The second-order valence-corrected chi connectivity index (χ2v) is 6.43. The van der Waals surface area contributed by atoms with Crippen LogP contribution >= 0.6 is 0 Å². The van der Waals surface area contributed by atoms with E-state index in [1.807, 2.05) is 6.07 Å². The van der Waals surface area contributed by atoms with Crippen LogP contribution in [-0.2, 0) is 16.4 Å². The number of hydrogen-bond acceptors (Lipinski definition) is 4. The van der Waals surface area contributed by atoms with Crippen molar-refractivity contribution in [3.05, 3.63) is 59.7 Å². The van der Waals surface area contributed by atoms with Gasteiger partial charge in [-0.25, -0.2) is 0 Å². The molecule has 108 valence electrons. The van der Waals surface area contributed by atoms with Gasteiger partial charge >= 0.3 is 0 Å². The summed E-state index contributed by atoms with van der Waals surface area (Å²) in [6.45, 7) is 0. The van der Waals surface area contributed by atoms with Crippen LogP contribution in [0.2, 0.25) is 0 Å². The van der Waals surface area contributed by atoms with Crippen LogP contribution in [0.4, 0.5) is 0 Å². The minimum atomic E-state index is -3.66. The molecule has 0 amide bonds. The molecule has 0 fully saturated rings. The van der Waals surface area contributed by atoms with Gasteiger partial charge in [-0.05, 0) is 31.0 Å². The van der Waals surface area contributed by atoms with Gasteiger partial charge in [0.05, 0.1) is 10.6 Å². The number of hydrogen-bond donors (Lipinski definition) is 2. The van der Waals surface area contributed by atoms with Crippen LogP contribution in [0.15, 0.2) is 58.5 Å². The molecule has 0 bridgehead atoms. The average molecular weight is 302 g/mol. The SMILES string of the molecule is O=S(=O)(N/N=C1/CCc2c(O)cccc21)c1ccccc1. The molecule has 0 aliphatic heterocycles. The Kier molecular flexibility index (Phi) is 3.39. The van der Waals surface area contributed by atoms with E-state index < -0.39 is 10.0 Å². The molecule has 0 radical (unpaired) electrons. The topological polar surface area (TPSA) is 78.8 Å². The van der Waals surface area contributed by atoms with Crippen molar-refractivity contribution in [2.24, 2.45) is 5.10 Å². The summed E-state index contributed by atoms with van der Waals surface area (Å²) in [6.07, 6.45) is 1.26. The zero-order valence-electron chi connectivity index (χ0n) is 11.2. The van der Waals surface area contributed by atoms with E-state index in [9.17, 15) is 13.5 Å². The normalized spacial score (nSPS) is 15.9. The zero-order chi connectivity index (χ0) is 14.9. The zero-order valence-corrected chi connectivity index (χ0v) is 12.0. The maximum atomic E-state index is 12.1. The molecule has 5 nitrogen and oxygen atoms in total. The summed E-state index contributed by atoms with van der Waals surface area (Å²) >= 11 is 0. The summed E-state index contributed by atoms with van der Waals surface area (Å²) in [5, 5.41) is 13.8. The molecule has 2 aromatic rings. The number of nitrogens with zero attached hydrogens (tertiary/aromatic N) is 1. The summed E-state index contributed by atoms with van der Waals surface area (Å²) in [7, 11) is -3.66. The van der Waals surface area contributed by atoms with Gasteiger partial charge in [0.1, 0.15) is 5.75 Å². The van der Waals surface area contributed by atoms with E-state index in [0.717, 1.165) is 11.1 Å². The third-order valence-corrected chi connectivity index (χ3v) is 4.65. The molecular weight excluding hydrogens is 288 g/mol. The molecule has 0 aromatic heterocycles. The molecule has 1 aliphatic carbocycles. The van der Waals surface area contributed by atoms with E-state index in [4.69, 9.17) is 0 Å². The van der Waals surface area contributed by atoms with Crippen molar-refractivity contribution in [2.75, 3.05) is 0 Å². The highest BCUT2D eigenvalue weighted by Crippen LogP contribution is 2.29. The van der Waals surface area contributed by atoms with E-state index in [-0.39, 0.29) is 10.6 Å². The number of hydrazone groups is 1. The predicted molar refractivity (Wildman–Crippen MR) is 79.7 cm³/mol. The molecular formula is C15H14N2O3S. The highest BCUT2D eigenvalue weighted by Gasteiger charge is 2.21. The molecule has 2 N–H and O–H groups in total. The summed E-state index contributed by atoms with van der Waals surface area (Å²) in [6, 6.07) is 13.3. The second-order valence-electron chi connectivity index (χ2n) is 4.77. The second kappa shape index (κ2) is 5.21. The molecule has 1 aliphatic rings. The summed E-state index contributed by atoms with van der Waals surface area (Å²) in [5.74, 6) is 0.226. The van der Waals surface area contributed by atoms with E-state index in [1.54, 1.807) is 30.3 Å². The first-order valence-electron chi connectivity index (χ1n) is 6.52. The van der Waals surface area contributed by atoms with Crippen molar-refractivity contribution in [1.29, 1.82) is 0 Å². The Morgan fingerprint density at radius 1 is 1.00 bits per heavy atom. The summed E-state index contributed by atoms with van der Waals surface area (Å²) in [4.78, 5) is 2.43. The fraction of sp³-hybridized carbons (Fsp3) is 0.133. The number of phenols is 1. The number of rotatable bonds is 3. The molecule has 0 atom stereocenters. The largest absolute Gasteiger partial charge is 0.508 e. The molecule has 6 heteroatoms. The molecule has 0 saturated heterocycles. The molecule has 0 unspecified atom stereocenters. The Morgan fingerprint density at radius 2 is 1.76 bits per heavy atom. The van der Waals surface area contributed by atoms with Crippen LogP contribution in [0.3, 0.4) is 0 Å². The van der Waals surface area contributed by atoms with Gasteiger partial charge in [-0.3, -0.25) is 0 Å². The van der Waals surface area contributed by atoms with Gasteiger partial charge in [0.25, 0.3) is 10.0 Å². The maximum Gasteiger partial charge on any atom is 0.276 e. The van der Waals surface area contributed by atoms with E-state index >= 15 is 0 Å². The van der Waals surface area contributed by atoms with Crippen LogP contribution in [0.25, 0.3) is 0 Å². The number of phenolic OH excluding ortho intramolecular Hbond substituents is 1. The lowest BCUT2D eigenvalue weighted by molar-refractivity contribution is 0.469. The predicted octanol–water partition coefficient (Wildman–Crippen LogP) is 2.02. The molecule has 0 spiro atoms. The van der Waals surface area contributed by atoms with Crippen molar-refractivity contribution in [3.8, 4) is 5.75 Å². The standard InChI is InChI=1S/C15H14N2O3S/c18-15-8-4-7-12-13(15)9-10-14(12)16-17-21(19,20)11-5-2-1-3-6-11/h1-8,17-18H,9-10H2/b16-14-. The summed E-state index contributed by atoms with van der Waals surface area (Å²) < 4.78 is 24.2. The van der Waals surface area contributed by atoms with Crippen molar-refractivity contribution >= 4 is 15.7 Å². The fourth-order valence-corrected chi connectivity index (χ4v) is 3.22. The van der Waals surface area contributed by atoms with Gasteiger partial charge in [-0.1, -0.05) is 30.3 Å². The molecule has 0 saturated carbocycles. The number of nitrogens with one attached hydrogen (secondary N) is 1. The van der Waals surface area contributed by atoms with Crippen LogP contribution in [0, 0.1) is 0 Å². The number of fused-ring (bicyclic) bond motifs is 1. The van der Waals surface area contributed by atoms with Gasteiger partial charge in [-0.15, -0.1) is 0 Å². The van der Waals surface area contributed by atoms with Crippen molar-refractivity contribution in [2.45, 2.75) is 17.7 Å². The minimum absolute atomic E-state index is 0.170. The van der Waals surface area contributed by atoms with Crippen LogP contribution in [0.1, 0.15) is 17.5 Å². The van der Waals surface area contributed by atoms with E-state index in [2.05, 4.69) is 9.93 Å². The van der Waals surface area contributed by atoms with Crippen LogP contribution in [0.5, 0.6) is 5.75 Å². The van der Waals surface area contributed by atoms with E-state index in [1.165, 1.54) is 12.1 Å². The first-order valence-corrected chi connectivity index (χ1v) is 8.01. The fourth-order valence-electron chi connectivity index (χ4n) is 2.37. The average Bonchev–Trinajstić information content (AvgIpc) is 2.91. The highest BCUT2D eigenvalue weighted by molar-refractivity contribution is 7.89. The van der Waals surface area contributed by atoms with E-state index in [0.29, 0.717) is 18.6 Å². The quantitative estimate of drug-likeness (QED) is 0.851. The Bertz CT molecular complexity index is 799. The number of sulfonamides is 1. The van der Waals surface area contributed by atoms with Gasteiger partial charge < -0.3 is 5.11 Å². The molecule has 0 heterocycles. The van der Waals surface area contributed by atoms with Crippen molar-refractivity contribution in [1.82, 2.24) is 4.83 Å². The molecule has 21 heavy (non-hydrogen) atoms. The smallest absolute Gasteiger partial charge is 0.276 e. The maximum absolute atomic E-state index is 12.1. The van der Waals surface area contributed by atoms with Gasteiger partial charge in [-0.2, -0.15) is 18.4 Å². The Labute approximate surface area is 123 Å². The van der Waals surface area contributed by atoms with Gasteiger partial charge in [0, 0.05) is 11.1 Å². The lowest BCUT2D eigenvalue weighted by Crippen LogP contribution is -2.20. The number of benzene rings is 2. The third-order valence-electron chi connectivity index (χ3n) is 3.43. The Balaban J connectivity index is 1.88. The Hall–Kier alpha value is -2.34. The van der Waals surface area contributed by atoms with Gasteiger partial charge in [0.15, 0.2) is 0 Å². The van der Waals surface area contributed by atoms with Crippen LogP contribution in [-0.4, -0.2) is 19.2 Å². The van der Waals surface area contributed by atoms with Crippen molar-refractivity contribution < 1.29 is 13.5 Å². The first kappa shape index (κ1) is 13.6. The summed E-state index contributed by atoms with van der Waals surface area (Å²) in [5.41, 5.74) is 2.25. The lowest BCUT2D eigenvalue weighted by Gasteiger charge is -2.05. The van der Waals surface area contributed by atoms with Crippen LogP contribution < -0.4 is 4.83 Å². The number of aromatic hydroxyl groups is 1. The Morgan fingerprint density at radius 3 is 2.52 bits per heavy atom. The first-order chi connectivity index (χ1) is 10.1. The van der Waals surface area contributed by atoms with Crippen molar-refractivity contribution in [3.63, 3.8) is 0 Å².